The molecule has 0 amide bonds. The fourth-order valence-electron chi connectivity index (χ4n) is 3.75. The Morgan fingerprint density at radius 2 is 1.77 bits per heavy atom. The topological polar surface area (TPSA) is 63.1 Å². The molecule has 1 heterocycles. The Labute approximate surface area is 194 Å². The van der Waals surface area contributed by atoms with Gasteiger partial charge in [0.25, 0.3) is 0 Å². The van der Waals surface area contributed by atoms with Crippen molar-refractivity contribution >= 4 is 33.2 Å². The number of hydrogen-bond donors (Lipinski definition) is 2. The van der Waals surface area contributed by atoms with E-state index in [4.69, 9.17) is 26.1 Å². The van der Waals surface area contributed by atoms with Gasteiger partial charge in [0, 0.05) is 38.8 Å². The quantitative estimate of drug-likeness (QED) is 0.447. The molecule has 160 valence electrons. The number of hydrogen-bond acceptors (Lipinski definition) is 5. The molecule has 2 N–H and O–H groups in total. The van der Waals surface area contributed by atoms with Crippen molar-refractivity contribution in [3.63, 3.8) is 0 Å². The summed E-state index contributed by atoms with van der Waals surface area (Å²) in [6.45, 7) is 0. The molecule has 0 unspecified atom stereocenters. The summed E-state index contributed by atoms with van der Waals surface area (Å²) >= 11 is 9.78. The number of phenols is 1. The number of halogens is 2. The van der Waals surface area contributed by atoms with E-state index in [0.717, 1.165) is 38.4 Å². The van der Waals surface area contributed by atoms with Gasteiger partial charge in [-0.05, 0) is 66.2 Å². The largest absolute Gasteiger partial charge is 0.508 e. The summed E-state index contributed by atoms with van der Waals surface area (Å²) in [6.07, 6.45) is 0.217. The van der Waals surface area contributed by atoms with E-state index in [1.165, 1.54) is 0 Å². The van der Waals surface area contributed by atoms with Crippen molar-refractivity contribution in [2.45, 2.75) is 18.6 Å². The molecule has 0 fully saturated rings. The lowest BCUT2D eigenvalue weighted by molar-refractivity contribution is 0.381. The first-order chi connectivity index (χ1) is 15.0. The van der Waals surface area contributed by atoms with Gasteiger partial charge in [-0.3, -0.25) is 10.3 Å². The van der Waals surface area contributed by atoms with Crippen molar-refractivity contribution in [1.29, 1.82) is 0 Å². The Bertz CT molecular complexity index is 1120. The average Bonchev–Trinajstić information content (AvgIpc) is 2.80. The first-order valence-corrected chi connectivity index (χ1v) is 10.9. The Morgan fingerprint density at radius 1 is 1.00 bits per heavy atom. The molecule has 0 bridgehead atoms. The molecule has 0 radical (unpaired) electrons. The van der Waals surface area contributed by atoms with E-state index in [-0.39, 0.29) is 18.0 Å². The van der Waals surface area contributed by atoms with Gasteiger partial charge in [-0.15, -0.1) is 0 Å². The van der Waals surface area contributed by atoms with E-state index in [9.17, 15) is 5.11 Å². The second kappa shape index (κ2) is 9.30. The second-order valence-electron chi connectivity index (χ2n) is 7.22. The molecule has 0 aliphatic carbocycles. The van der Waals surface area contributed by atoms with Crippen molar-refractivity contribution in [2.24, 2.45) is 4.99 Å². The molecule has 0 saturated heterocycles. The number of nitrogens with zero attached hydrogens (tertiary/aromatic N) is 1. The summed E-state index contributed by atoms with van der Waals surface area (Å²) in [4.78, 5) is 5.00. The van der Waals surface area contributed by atoms with Crippen molar-refractivity contribution in [3.05, 3.63) is 86.8 Å². The van der Waals surface area contributed by atoms with Crippen LogP contribution in [-0.4, -0.2) is 25.0 Å². The maximum absolute atomic E-state index is 10.5. The molecule has 0 aromatic heterocycles. The SMILES string of the molecule is COc1ccc(C2=N[C@H](c3cc(Br)ccc3OC)N[C@@H](c3cc(Cl)ccc3O)C2)cc1. The van der Waals surface area contributed by atoms with Gasteiger partial charge >= 0.3 is 0 Å². The van der Waals surface area contributed by atoms with E-state index in [2.05, 4.69) is 21.2 Å². The summed E-state index contributed by atoms with van der Waals surface area (Å²) < 4.78 is 11.8. The van der Waals surface area contributed by atoms with Crippen LogP contribution in [0.3, 0.4) is 0 Å². The molecule has 4 rings (SSSR count). The lowest BCUT2D eigenvalue weighted by Gasteiger charge is -2.31. The van der Waals surface area contributed by atoms with Crippen LogP contribution >= 0.6 is 27.5 Å². The Hall–Kier alpha value is -2.54. The third-order valence-electron chi connectivity index (χ3n) is 5.32. The number of benzene rings is 3. The summed E-state index contributed by atoms with van der Waals surface area (Å²) in [7, 11) is 3.29. The lowest BCUT2D eigenvalue weighted by Crippen LogP contribution is -2.33. The van der Waals surface area contributed by atoms with Gasteiger partial charge in [0.15, 0.2) is 0 Å². The number of nitrogens with one attached hydrogen (secondary N) is 1. The van der Waals surface area contributed by atoms with Crippen LogP contribution in [0.4, 0.5) is 0 Å². The zero-order valence-electron chi connectivity index (χ0n) is 17.1. The molecule has 0 saturated carbocycles. The van der Waals surface area contributed by atoms with Gasteiger partial charge in [0.05, 0.1) is 14.2 Å². The highest BCUT2D eigenvalue weighted by Crippen LogP contribution is 2.38. The molecule has 1 aliphatic rings. The predicted octanol–water partition coefficient (Wildman–Crippen LogP) is 6.05. The van der Waals surface area contributed by atoms with Crippen LogP contribution in [0.5, 0.6) is 17.2 Å². The van der Waals surface area contributed by atoms with Crippen molar-refractivity contribution in [3.8, 4) is 17.2 Å². The van der Waals surface area contributed by atoms with E-state index in [1.807, 2.05) is 42.5 Å². The monoisotopic (exact) mass is 500 g/mol. The summed E-state index contributed by atoms with van der Waals surface area (Å²) in [6, 6.07) is 18.5. The van der Waals surface area contributed by atoms with Gasteiger partial charge in [-0.25, -0.2) is 0 Å². The predicted molar refractivity (Wildman–Crippen MR) is 127 cm³/mol. The fraction of sp³-hybridized carbons (Fsp3) is 0.208. The van der Waals surface area contributed by atoms with E-state index < -0.39 is 0 Å². The third-order valence-corrected chi connectivity index (χ3v) is 6.04. The highest BCUT2D eigenvalue weighted by atomic mass is 79.9. The lowest BCUT2D eigenvalue weighted by atomic mass is 9.93. The Kier molecular flexibility index (Phi) is 6.51. The summed E-state index contributed by atoms with van der Waals surface area (Å²) in [5, 5.41) is 14.6. The molecule has 2 atom stereocenters. The highest BCUT2D eigenvalue weighted by molar-refractivity contribution is 9.10. The standard InChI is InChI=1S/C24H22BrClN2O3/c1-30-17-7-3-14(4-8-17)20-13-21(18-12-16(26)6-9-22(18)29)28-24(27-20)19-11-15(25)5-10-23(19)31-2/h3-12,21,24,28-29H,13H2,1-2H3/t21-,24+/m1/s1. The average molecular weight is 502 g/mol. The normalized spacial score (nSPS) is 18.4. The smallest absolute Gasteiger partial charge is 0.130 e. The number of rotatable bonds is 5. The summed E-state index contributed by atoms with van der Waals surface area (Å²) in [5.41, 5.74) is 3.53. The van der Waals surface area contributed by atoms with Crippen LogP contribution in [0.2, 0.25) is 5.02 Å². The number of methoxy groups -OCH3 is 2. The zero-order valence-corrected chi connectivity index (χ0v) is 19.4. The minimum Gasteiger partial charge on any atom is -0.508 e. The zero-order chi connectivity index (χ0) is 22.0. The minimum atomic E-state index is -0.373. The van der Waals surface area contributed by atoms with Crippen LogP contribution in [0.25, 0.3) is 0 Å². The first kappa shape index (κ1) is 21.7. The van der Waals surface area contributed by atoms with Gasteiger partial charge in [-0.1, -0.05) is 27.5 Å². The molecule has 0 spiro atoms. The molecule has 5 nitrogen and oxygen atoms in total. The summed E-state index contributed by atoms with van der Waals surface area (Å²) in [5.74, 6) is 1.71. The minimum absolute atomic E-state index is 0.192. The molecule has 1 aliphatic heterocycles. The van der Waals surface area contributed by atoms with Gasteiger partial charge in [-0.2, -0.15) is 0 Å². The molecular formula is C24H22BrClN2O3. The Morgan fingerprint density at radius 3 is 2.48 bits per heavy atom. The van der Waals surface area contributed by atoms with Crippen LogP contribution in [0, 0.1) is 0 Å². The fourth-order valence-corrected chi connectivity index (χ4v) is 4.31. The molecule has 7 heteroatoms. The van der Waals surface area contributed by atoms with Crippen LogP contribution in [-0.2, 0) is 0 Å². The number of ether oxygens (including phenoxy) is 2. The van der Waals surface area contributed by atoms with Gasteiger partial charge in [0.1, 0.15) is 23.4 Å². The first-order valence-electron chi connectivity index (χ1n) is 9.77. The molecular weight excluding hydrogens is 480 g/mol. The van der Waals surface area contributed by atoms with Crippen molar-refractivity contribution in [2.75, 3.05) is 14.2 Å². The van der Waals surface area contributed by atoms with E-state index >= 15 is 0 Å². The maximum Gasteiger partial charge on any atom is 0.130 e. The van der Waals surface area contributed by atoms with Gasteiger partial charge < -0.3 is 14.6 Å². The van der Waals surface area contributed by atoms with E-state index in [1.54, 1.807) is 32.4 Å². The van der Waals surface area contributed by atoms with Crippen LogP contribution in [0.1, 0.15) is 35.3 Å². The molecule has 31 heavy (non-hydrogen) atoms. The second-order valence-corrected chi connectivity index (χ2v) is 8.57. The van der Waals surface area contributed by atoms with Crippen LogP contribution in [0.15, 0.2) is 70.1 Å². The highest BCUT2D eigenvalue weighted by Gasteiger charge is 2.29. The molecule has 3 aromatic carbocycles. The Balaban J connectivity index is 1.80. The van der Waals surface area contributed by atoms with Crippen molar-refractivity contribution in [1.82, 2.24) is 5.32 Å². The maximum atomic E-state index is 10.5. The molecule has 3 aromatic rings. The van der Waals surface area contributed by atoms with Crippen molar-refractivity contribution < 1.29 is 14.6 Å². The number of aliphatic imine (C=N–C) groups is 1. The van der Waals surface area contributed by atoms with E-state index in [0.29, 0.717) is 11.4 Å². The van der Waals surface area contributed by atoms with Gasteiger partial charge in [0.2, 0.25) is 0 Å². The van der Waals surface area contributed by atoms with Crippen LogP contribution < -0.4 is 14.8 Å². The number of aromatic hydroxyl groups is 1. The third kappa shape index (κ3) is 4.71. The number of phenolic OH excluding ortho intramolecular Hbond substituents is 1.